The van der Waals surface area contributed by atoms with Crippen molar-refractivity contribution in [3.63, 3.8) is 0 Å². The average molecular weight is 453 g/mol. The normalized spacial score (nSPS) is 12.2. The van der Waals surface area contributed by atoms with Crippen molar-refractivity contribution in [3.8, 4) is 22.6 Å². The van der Waals surface area contributed by atoms with Crippen LogP contribution in [-0.2, 0) is 11.2 Å². The molecule has 4 aromatic rings. The molecule has 0 unspecified atom stereocenters. The second-order valence-electron chi connectivity index (χ2n) is 8.25. The van der Waals surface area contributed by atoms with Crippen LogP contribution in [0, 0.1) is 0 Å². The van der Waals surface area contributed by atoms with E-state index >= 15 is 0 Å². The molecule has 0 spiro atoms. The topological polar surface area (TPSA) is 69.0 Å². The van der Waals surface area contributed by atoms with E-state index in [-0.39, 0.29) is 24.1 Å². The Kier molecular flexibility index (Phi) is 5.64. The van der Waals surface area contributed by atoms with Gasteiger partial charge in [-0.25, -0.2) is 0 Å². The molecule has 1 aliphatic heterocycles. The minimum absolute atomic E-state index is 0.0433. The lowest BCUT2D eigenvalue weighted by atomic mass is 9.96. The first-order valence-corrected chi connectivity index (χ1v) is 11.0. The lowest BCUT2D eigenvalue weighted by molar-refractivity contribution is -0.130. The van der Waals surface area contributed by atoms with E-state index in [9.17, 15) is 9.59 Å². The van der Waals surface area contributed by atoms with Gasteiger partial charge in [0.1, 0.15) is 17.1 Å². The molecule has 0 atom stereocenters. The highest BCUT2D eigenvalue weighted by Crippen LogP contribution is 2.40. The highest BCUT2D eigenvalue weighted by atomic mass is 16.5. The minimum Gasteiger partial charge on any atom is -0.484 e. The molecule has 170 valence electrons. The second-order valence-corrected chi connectivity index (χ2v) is 8.25. The third-order valence-electron chi connectivity index (χ3n) is 5.75. The zero-order chi connectivity index (χ0) is 23.7. The van der Waals surface area contributed by atoms with E-state index in [1.54, 1.807) is 44.6 Å². The summed E-state index contributed by atoms with van der Waals surface area (Å²) in [6.45, 7) is -0.0433. The number of nitrogens with zero attached hydrogens (tertiary/aromatic N) is 1. The number of ketones is 1. The Labute approximate surface area is 197 Å². The van der Waals surface area contributed by atoms with Crippen LogP contribution in [0.1, 0.15) is 21.7 Å². The summed E-state index contributed by atoms with van der Waals surface area (Å²) in [6.07, 6.45) is 4.35. The molecule has 0 radical (unpaired) electrons. The molecule has 0 saturated carbocycles. The maximum Gasteiger partial charge on any atom is 0.259 e. The van der Waals surface area contributed by atoms with E-state index in [4.69, 9.17) is 13.9 Å². The van der Waals surface area contributed by atoms with Crippen molar-refractivity contribution in [1.29, 1.82) is 0 Å². The van der Waals surface area contributed by atoms with Crippen LogP contribution in [0.15, 0.2) is 83.5 Å². The van der Waals surface area contributed by atoms with Crippen LogP contribution in [0.3, 0.4) is 0 Å². The zero-order valence-electron chi connectivity index (χ0n) is 18.9. The fraction of sp³-hybridized carbons (Fsp3) is 0.143. The van der Waals surface area contributed by atoms with Crippen molar-refractivity contribution in [2.75, 3.05) is 20.7 Å². The molecule has 1 aliphatic rings. The summed E-state index contributed by atoms with van der Waals surface area (Å²) in [4.78, 5) is 26.7. The molecule has 6 nitrogen and oxygen atoms in total. The predicted molar refractivity (Wildman–Crippen MR) is 129 cm³/mol. The van der Waals surface area contributed by atoms with Gasteiger partial charge in [-0.1, -0.05) is 42.5 Å². The number of furan rings is 1. The number of hydrogen-bond donors (Lipinski definition) is 0. The number of rotatable bonds is 6. The Morgan fingerprint density at radius 1 is 1.00 bits per heavy atom. The monoisotopic (exact) mass is 453 g/mol. The number of fused-ring (bicyclic) bond motifs is 2. The van der Waals surface area contributed by atoms with Crippen molar-refractivity contribution in [2.45, 2.75) is 6.42 Å². The van der Waals surface area contributed by atoms with Crippen molar-refractivity contribution < 1.29 is 23.5 Å². The molecule has 6 heteroatoms. The lowest BCUT2D eigenvalue weighted by Crippen LogP contribution is -2.27. The summed E-state index contributed by atoms with van der Waals surface area (Å²) in [5.74, 6) is 1.25. The molecule has 0 fully saturated rings. The van der Waals surface area contributed by atoms with E-state index < -0.39 is 0 Å². The number of allylic oxidation sites excluding steroid dienone is 1. The summed E-state index contributed by atoms with van der Waals surface area (Å²) in [5.41, 5.74) is 3.69. The fourth-order valence-corrected chi connectivity index (χ4v) is 3.89. The zero-order valence-corrected chi connectivity index (χ0v) is 18.9. The first-order valence-electron chi connectivity index (χ1n) is 11.0. The van der Waals surface area contributed by atoms with E-state index in [0.29, 0.717) is 16.9 Å². The van der Waals surface area contributed by atoms with Gasteiger partial charge < -0.3 is 18.8 Å². The van der Waals surface area contributed by atoms with Gasteiger partial charge in [-0.2, -0.15) is 0 Å². The quantitative estimate of drug-likeness (QED) is 0.373. The molecule has 1 amide bonds. The number of benzene rings is 3. The molecule has 0 N–H and O–H groups in total. The number of ether oxygens (including phenoxy) is 2. The van der Waals surface area contributed by atoms with E-state index in [1.807, 2.05) is 48.5 Å². The van der Waals surface area contributed by atoms with Gasteiger partial charge in [0, 0.05) is 36.7 Å². The first kappa shape index (κ1) is 21.5. The number of amides is 1. The Bertz CT molecular complexity index is 1400. The highest BCUT2D eigenvalue weighted by molar-refractivity contribution is 6.15. The van der Waals surface area contributed by atoms with E-state index in [1.165, 1.54) is 4.90 Å². The van der Waals surface area contributed by atoms with E-state index in [2.05, 4.69) is 0 Å². The molecule has 3 aromatic carbocycles. The molecule has 0 bridgehead atoms. The molecular formula is C28H23NO5. The van der Waals surface area contributed by atoms with Crippen molar-refractivity contribution >= 4 is 22.7 Å². The lowest BCUT2D eigenvalue weighted by Gasteiger charge is -2.12. The van der Waals surface area contributed by atoms with Gasteiger partial charge >= 0.3 is 0 Å². The summed E-state index contributed by atoms with van der Waals surface area (Å²) < 4.78 is 17.4. The SMILES string of the molecule is CN(C)C(=O)COc1ccc(-c2c(C(=O)c3ccccc3)oc3cc4c(cc23)CC=CO4)cc1. The molecule has 5 rings (SSSR count). The summed E-state index contributed by atoms with van der Waals surface area (Å²) in [7, 11) is 3.37. The van der Waals surface area contributed by atoms with Crippen LogP contribution in [0.2, 0.25) is 0 Å². The third kappa shape index (κ3) is 4.06. The predicted octanol–water partition coefficient (Wildman–Crippen LogP) is 5.25. The van der Waals surface area contributed by atoms with Gasteiger partial charge in [0.25, 0.3) is 5.91 Å². The van der Waals surface area contributed by atoms with Crippen LogP contribution >= 0.6 is 0 Å². The summed E-state index contributed by atoms with van der Waals surface area (Å²) >= 11 is 0. The molecular weight excluding hydrogens is 430 g/mol. The maximum atomic E-state index is 13.4. The Morgan fingerprint density at radius 3 is 2.50 bits per heavy atom. The van der Waals surface area contributed by atoms with Gasteiger partial charge in [-0.05, 0) is 41.8 Å². The van der Waals surface area contributed by atoms with Crippen LogP contribution in [0.4, 0.5) is 0 Å². The highest BCUT2D eigenvalue weighted by Gasteiger charge is 2.25. The standard InChI is InChI=1S/C28H23NO5/c1-29(2)25(30)17-33-21-12-10-18(11-13-21)26-22-15-20-9-6-14-32-23(20)16-24(22)34-28(26)27(31)19-7-4-3-5-8-19/h3-8,10-16H,9,17H2,1-2H3. The van der Waals surface area contributed by atoms with Crippen molar-refractivity contribution in [1.82, 2.24) is 4.90 Å². The second kappa shape index (κ2) is 8.90. The maximum absolute atomic E-state index is 13.4. The minimum atomic E-state index is -0.194. The Morgan fingerprint density at radius 2 is 1.76 bits per heavy atom. The van der Waals surface area contributed by atoms with Gasteiger partial charge in [0.15, 0.2) is 12.4 Å². The fourth-order valence-electron chi connectivity index (χ4n) is 3.89. The molecule has 34 heavy (non-hydrogen) atoms. The van der Waals surface area contributed by atoms with Gasteiger partial charge in [-0.15, -0.1) is 0 Å². The molecule has 0 saturated heterocycles. The summed E-state index contributed by atoms with van der Waals surface area (Å²) in [5, 5.41) is 0.841. The Balaban J connectivity index is 1.58. The van der Waals surface area contributed by atoms with Crippen molar-refractivity contribution in [3.05, 3.63) is 96.0 Å². The average Bonchev–Trinajstić information content (AvgIpc) is 3.24. The largest absolute Gasteiger partial charge is 0.484 e. The van der Waals surface area contributed by atoms with Crippen LogP contribution in [-0.4, -0.2) is 37.3 Å². The number of likely N-dealkylation sites (N-methyl/N-ethyl adjacent to an activating group) is 1. The molecule has 1 aromatic heterocycles. The smallest absolute Gasteiger partial charge is 0.259 e. The van der Waals surface area contributed by atoms with Crippen LogP contribution in [0.25, 0.3) is 22.1 Å². The van der Waals surface area contributed by atoms with Gasteiger partial charge in [0.05, 0.1) is 6.26 Å². The summed E-state index contributed by atoms with van der Waals surface area (Å²) in [6, 6.07) is 20.3. The molecule has 0 aliphatic carbocycles. The van der Waals surface area contributed by atoms with Gasteiger partial charge in [-0.3, -0.25) is 9.59 Å². The Hall–Kier alpha value is -4.32. The van der Waals surface area contributed by atoms with Gasteiger partial charge in [0.2, 0.25) is 5.78 Å². The molecule has 2 heterocycles. The van der Waals surface area contributed by atoms with E-state index in [0.717, 1.165) is 34.2 Å². The first-order chi connectivity index (χ1) is 16.5. The number of carbonyl (C=O) groups is 2. The van der Waals surface area contributed by atoms with Crippen molar-refractivity contribution in [2.24, 2.45) is 0 Å². The third-order valence-corrected chi connectivity index (χ3v) is 5.75. The number of hydrogen-bond acceptors (Lipinski definition) is 5. The van der Waals surface area contributed by atoms with Crippen LogP contribution in [0.5, 0.6) is 11.5 Å². The van der Waals surface area contributed by atoms with Crippen LogP contribution < -0.4 is 9.47 Å². The number of carbonyl (C=O) groups excluding carboxylic acids is 2.